The van der Waals surface area contributed by atoms with E-state index in [9.17, 15) is 0 Å². The molecule has 0 amide bonds. The number of benzene rings is 2. The molecule has 0 radical (unpaired) electrons. The molecular formula is C26H34N2. The summed E-state index contributed by atoms with van der Waals surface area (Å²) in [6.07, 6.45) is 2.90. The van der Waals surface area contributed by atoms with Gasteiger partial charge in [-0.15, -0.1) is 6.58 Å². The summed E-state index contributed by atoms with van der Waals surface area (Å²) in [5.41, 5.74) is 5.81. The number of hydrogen-bond donors (Lipinski definition) is 0. The Morgan fingerprint density at radius 3 is 2.04 bits per heavy atom. The van der Waals surface area contributed by atoms with Crippen LogP contribution in [0.3, 0.4) is 0 Å². The highest BCUT2D eigenvalue weighted by Crippen LogP contribution is 2.25. The van der Waals surface area contributed by atoms with Crippen molar-refractivity contribution in [2.45, 2.75) is 52.4 Å². The molecule has 0 N–H and O–H groups in total. The Morgan fingerprint density at radius 2 is 1.64 bits per heavy atom. The van der Waals surface area contributed by atoms with E-state index in [4.69, 9.17) is 5.26 Å². The summed E-state index contributed by atoms with van der Waals surface area (Å²) in [6.45, 7) is 18.5. The van der Waals surface area contributed by atoms with Gasteiger partial charge in [0.15, 0.2) is 0 Å². The molecule has 0 aliphatic rings. The third-order valence-electron chi connectivity index (χ3n) is 4.82. The monoisotopic (exact) mass is 374 g/mol. The predicted octanol–water partition coefficient (Wildman–Crippen LogP) is 7.19. The summed E-state index contributed by atoms with van der Waals surface area (Å²) in [6, 6.07) is 18.5. The maximum atomic E-state index is 8.60. The van der Waals surface area contributed by atoms with Gasteiger partial charge in [-0.25, -0.2) is 0 Å². The molecule has 0 fully saturated rings. The Morgan fingerprint density at radius 1 is 1.11 bits per heavy atom. The standard InChI is InChI=1S/C14H21N.C12H13N/c1-11(2)15(6)13-9-7-12(8-10-13)14(3,4)5;1-3-4-10(2)12-7-5-11(9-13)6-8-12/h7-10H,1H2,2-6H3;3,5-8,10H,1,4H2,2H3. The quantitative estimate of drug-likeness (QED) is 0.518. The van der Waals surface area contributed by atoms with Crippen LogP contribution in [0, 0.1) is 11.3 Å². The van der Waals surface area contributed by atoms with Crippen LogP contribution < -0.4 is 4.90 Å². The van der Waals surface area contributed by atoms with Gasteiger partial charge < -0.3 is 4.90 Å². The lowest BCUT2D eigenvalue weighted by Crippen LogP contribution is -2.14. The summed E-state index contributed by atoms with van der Waals surface area (Å²) >= 11 is 0. The Kier molecular flexibility index (Phi) is 8.74. The first-order valence-electron chi connectivity index (χ1n) is 9.71. The smallest absolute Gasteiger partial charge is 0.0991 e. The molecule has 1 unspecified atom stereocenters. The van der Waals surface area contributed by atoms with Crippen LogP contribution in [-0.2, 0) is 5.41 Å². The lowest BCUT2D eigenvalue weighted by Gasteiger charge is -2.22. The van der Waals surface area contributed by atoms with Crippen LogP contribution in [0.5, 0.6) is 0 Å². The van der Waals surface area contributed by atoms with E-state index in [1.807, 2.05) is 44.3 Å². The molecule has 2 rings (SSSR count). The van der Waals surface area contributed by atoms with Crippen molar-refractivity contribution in [3.05, 3.63) is 90.2 Å². The molecule has 2 heteroatoms. The summed E-state index contributed by atoms with van der Waals surface area (Å²) in [7, 11) is 2.04. The van der Waals surface area contributed by atoms with Crippen molar-refractivity contribution in [3.63, 3.8) is 0 Å². The molecule has 28 heavy (non-hydrogen) atoms. The molecule has 0 heterocycles. The maximum absolute atomic E-state index is 8.60. The van der Waals surface area contributed by atoms with E-state index in [1.54, 1.807) is 0 Å². The van der Waals surface area contributed by atoms with Gasteiger partial charge in [-0.05, 0) is 60.1 Å². The zero-order valence-corrected chi connectivity index (χ0v) is 18.3. The van der Waals surface area contributed by atoms with Gasteiger partial charge in [-0.2, -0.15) is 5.26 Å². The molecule has 0 aliphatic heterocycles. The molecular weight excluding hydrogens is 340 g/mol. The zero-order valence-electron chi connectivity index (χ0n) is 18.3. The molecule has 1 atom stereocenters. The average molecular weight is 375 g/mol. The Bertz CT molecular complexity index is 799. The predicted molar refractivity (Wildman–Crippen MR) is 123 cm³/mol. The van der Waals surface area contributed by atoms with E-state index < -0.39 is 0 Å². The molecule has 0 aliphatic carbocycles. The second-order valence-electron chi connectivity index (χ2n) is 8.25. The first-order chi connectivity index (χ1) is 13.1. The van der Waals surface area contributed by atoms with Gasteiger partial charge in [0.2, 0.25) is 0 Å². The summed E-state index contributed by atoms with van der Waals surface area (Å²) in [5.74, 6) is 0.491. The van der Waals surface area contributed by atoms with Crippen molar-refractivity contribution in [2.75, 3.05) is 11.9 Å². The van der Waals surface area contributed by atoms with Crippen LogP contribution in [-0.4, -0.2) is 7.05 Å². The number of rotatable bonds is 5. The summed E-state index contributed by atoms with van der Waals surface area (Å²) in [4.78, 5) is 2.09. The minimum absolute atomic E-state index is 0.223. The van der Waals surface area contributed by atoms with Crippen molar-refractivity contribution in [1.82, 2.24) is 0 Å². The van der Waals surface area contributed by atoms with E-state index in [0.29, 0.717) is 5.92 Å². The summed E-state index contributed by atoms with van der Waals surface area (Å²) < 4.78 is 0. The number of nitrogens with zero attached hydrogens (tertiary/aromatic N) is 2. The Hall–Kier alpha value is -2.79. The van der Waals surface area contributed by atoms with Crippen LogP contribution in [0.4, 0.5) is 5.69 Å². The van der Waals surface area contributed by atoms with E-state index >= 15 is 0 Å². The fraction of sp³-hybridized carbons (Fsp3) is 0.346. The minimum atomic E-state index is 0.223. The maximum Gasteiger partial charge on any atom is 0.0991 e. The van der Waals surface area contributed by atoms with Gasteiger partial charge in [-0.3, -0.25) is 0 Å². The van der Waals surface area contributed by atoms with Crippen LogP contribution in [0.1, 0.15) is 63.6 Å². The first-order valence-corrected chi connectivity index (χ1v) is 9.71. The lowest BCUT2D eigenvalue weighted by atomic mass is 9.87. The van der Waals surface area contributed by atoms with Crippen LogP contribution in [0.15, 0.2) is 73.5 Å². The van der Waals surface area contributed by atoms with E-state index in [0.717, 1.165) is 17.7 Å². The second-order valence-corrected chi connectivity index (χ2v) is 8.25. The van der Waals surface area contributed by atoms with Crippen molar-refractivity contribution in [2.24, 2.45) is 0 Å². The summed E-state index contributed by atoms with van der Waals surface area (Å²) in [5, 5.41) is 8.60. The average Bonchev–Trinajstić information content (AvgIpc) is 2.67. The van der Waals surface area contributed by atoms with Crippen LogP contribution in [0.2, 0.25) is 0 Å². The zero-order chi connectivity index (χ0) is 21.3. The number of allylic oxidation sites excluding steroid dienone is 2. The normalized spacial score (nSPS) is 11.5. The van der Waals surface area contributed by atoms with Gasteiger partial charge in [0, 0.05) is 18.4 Å². The highest BCUT2D eigenvalue weighted by molar-refractivity contribution is 5.51. The van der Waals surface area contributed by atoms with Gasteiger partial charge >= 0.3 is 0 Å². The third kappa shape index (κ3) is 7.08. The van der Waals surface area contributed by atoms with Crippen LogP contribution >= 0.6 is 0 Å². The first kappa shape index (κ1) is 23.2. The van der Waals surface area contributed by atoms with Crippen molar-refractivity contribution in [3.8, 4) is 6.07 Å². The van der Waals surface area contributed by atoms with Gasteiger partial charge in [-0.1, -0.05) is 64.6 Å². The van der Waals surface area contributed by atoms with E-state index in [-0.39, 0.29) is 5.41 Å². The van der Waals surface area contributed by atoms with Crippen molar-refractivity contribution >= 4 is 5.69 Å². The Balaban J connectivity index is 0.000000283. The highest BCUT2D eigenvalue weighted by atomic mass is 15.1. The Labute approximate surface area is 171 Å². The molecule has 148 valence electrons. The molecule has 2 nitrogen and oxygen atoms in total. The lowest BCUT2D eigenvalue weighted by molar-refractivity contribution is 0.590. The second kappa shape index (κ2) is 10.5. The van der Waals surface area contributed by atoms with E-state index in [2.05, 4.69) is 76.1 Å². The molecule has 0 saturated heterocycles. The molecule has 2 aromatic carbocycles. The molecule has 2 aromatic rings. The number of hydrogen-bond acceptors (Lipinski definition) is 2. The van der Waals surface area contributed by atoms with Gasteiger partial charge in [0.05, 0.1) is 11.6 Å². The highest BCUT2D eigenvalue weighted by Gasteiger charge is 2.13. The molecule has 0 aromatic heterocycles. The minimum Gasteiger partial charge on any atom is -0.349 e. The van der Waals surface area contributed by atoms with Crippen LogP contribution in [0.25, 0.3) is 0 Å². The van der Waals surface area contributed by atoms with Crippen molar-refractivity contribution in [1.29, 1.82) is 5.26 Å². The van der Waals surface area contributed by atoms with Gasteiger partial charge in [0.1, 0.15) is 0 Å². The molecule has 0 bridgehead atoms. The fourth-order valence-electron chi connectivity index (χ4n) is 2.68. The number of nitriles is 1. The number of anilines is 1. The molecule has 0 spiro atoms. The topological polar surface area (TPSA) is 27.0 Å². The SMILES string of the molecule is C=C(C)N(C)c1ccc(C(C)(C)C)cc1.C=CCC(C)c1ccc(C#N)cc1. The van der Waals surface area contributed by atoms with E-state index in [1.165, 1.54) is 16.8 Å². The van der Waals surface area contributed by atoms with Gasteiger partial charge in [0.25, 0.3) is 0 Å². The third-order valence-corrected chi connectivity index (χ3v) is 4.82. The fourth-order valence-corrected chi connectivity index (χ4v) is 2.68. The van der Waals surface area contributed by atoms with Crippen molar-refractivity contribution < 1.29 is 0 Å². The molecule has 0 saturated carbocycles. The largest absolute Gasteiger partial charge is 0.349 e.